The maximum Gasteiger partial charge on any atom is 0.307 e. The third-order valence-corrected chi connectivity index (χ3v) is 3.81. The molecule has 0 saturated carbocycles. The van der Waals surface area contributed by atoms with Gasteiger partial charge in [0, 0.05) is 22.2 Å². The number of nitro benzene ring substituents is 1. The second-order valence-corrected chi connectivity index (χ2v) is 5.65. The molecule has 8 nitrogen and oxygen atoms in total. The zero-order valence-corrected chi connectivity index (χ0v) is 14.1. The summed E-state index contributed by atoms with van der Waals surface area (Å²) < 4.78 is 11.1. The zero-order valence-electron chi connectivity index (χ0n) is 12.5. The summed E-state index contributed by atoms with van der Waals surface area (Å²) in [5.74, 6) is 0.568. The minimum atomic E-state index is -0.480. The van der Waals surface area contributed by atoms with Gasteiger partial charge in [-0.15, -0.1) is 0 Å². The number of nitro groups is 1. The molecular formula is C16H10BrN3O5. The summed E-state index contributed by atoms with van der Waals surface area (Å²) >= 11 is 3.29. The zero-order chi connectivity index (χ0) is 17.8. The van der Waals surface area contributed by atoms with Gasteiger partial charge in [0.15, 0.2) is 5.76 Å². The van der Waals surface area contributed by atoms with Crippen LogP contribution < -0.4 is 5.43 Å². The van der Waals surface area contributed by atoms with E-state index in [2.05, 4.69) is 26.5 Å². The van der Waals surface area contributed by atoms with Crippen molar-refractivity contribution in [1.82, 2.24) is 5.43 Å². The first-order chi connectivity index (χ1) is 12.0. The molecule has 0 aliphatic heterocycles. The Bertz CT molecular complexity index is 947. The lowest BCUT2D eigenvalue weighted by molar-refractivity contribution is -0.384. The van der Waals surface area contributed by atoms with Crippen LogP contribution in [0.25, 0.3) is 11.3 Å². The Balaban J connectivity index is 1.71. The monoisotopic (exact) mass is 403 g/mol. The molecule has 0 spiro atoms. The summed E-state index contributed by atoms with van der Waals surface area (Å²) in [4.78, 5) is 21.9. The molecule has 0 radical (unpaired) electrons. The van der Waals surface area contributed by atoms with E-state index in [4.69, 9.17) is 8.83 Å². The van der Waals surface area contributed by atoms with Crippen molar-refractivity contribution in [3.05, 3.63) is 74.8 Å². The predicted octanol–water partition coefficient (Wildman–Crippen LogP) is 3.97. The lowest BCUT2D eigenvalue weighted by Crippen LogP contribution is -2.16. The Morgan fingerprint density at radius 3 is 2.80 bits per heavy atom. The van der Waals surface area contributed by atoms with Crippen LogP contribution in [0.4, 0.5) is 5.69 Å². The summed E-state index contributed by atoms with van der Waals surface area (Å²) in [6.07, 6.45) is 2.73. The Morgan fingerprint density at radius 2 is 2.12 bits per heavy atom. The van der Waals surface area contributed by atoms with E-state index in [9.17, 15) is 14.9 Å². The average molecular weight is 404 g/mol. The maximum absolute atomic E-state index is 11.6. The SMILES string of the molecule is O=C(N/N=C\c1ccc(-c2ccc([N+](=O)[O-])cc2Br)o1)c1ccco1. The van der Waals surface area contributed by atoms with E-state index in [0.29, 0.717) is 21.6 Å². The highest BCUT2D eigenvalue weighted by molar-refractivity contribution is 9.10. The molecule has 0 aliphatic rings. The first-order valence-corrected chi connectivity index (χ1v) is 7.75. The smallest absolute Gasteiger partial charge is 0.307 e. The number of non-ortho nitro benzene ring substituents is 1. The highest BCUT2D eigenvalue weighted by Gasteiger charge is 2.13. The highest BCUT2D eigenvalue weighted by atomic mass is 79.9. The fraction of sp³-hybridized carbons (Fsp3) is 0. The second-order valence-electron chi connectivity index (χ2n) is 4.80. The van der Waals surface area contributed by atoms with E-state index in [0.717, 1.165) is 0 Å². The molecule has 0 aliphatic carbocycles. The van der Waals surface area contributed by atoms with Gasteiger partial charge in [-0.2, -0.15) is 5.10 Å². The quantitative estimate of drug-likeness (QED) is 0.393. The third kappa shape index (κ3) is 3.83. The fourth-order valence-corrected chi connectivity index (χ4v) is 2.56. The molecule has 0 atom stereocenters. The van der Waals surface area contributed by atoms with Crippen LogP contribution in [0.3, 0.4) is 0 Å². The van der Waals surface area contributed by atoms with Gasteiger partial charge in [-0.25, -0.2) is 5.43 Å². The topological polar surface area (TPSA) is 111 Å². The van der Waals surface area contributed by atoms with Crippen LogP contribution in [0, 0.1) is 10.1 Å². The molecule has 2 heterocycles. The van der Waals surface area contributed by atoms with Gasteiger partial charge in [0.05, 0.1) is 17.4 Å². The summed E-state index contributed by atoms with van der Waals surface area (Å²) in [5.41, 5.74) is 2.94. The molecule has 2 aromatic heterocycles. The molecule has 126 valence electrons. The molecular weight excluding hydrogens is 394 g/mol. The second kappa shape index (κ2) is 7.14. The molecule has 3 aromatic rings. The van der Waals surface area contributed by atoms with Gasteiger partial charge in [0.25, 0.3) is 5.69 Å². The molecule has 0 fully saturated rings. The molecule has 9 heteroatoms. The number of hydrazone groups is 1. The Morgan fingerprint density at radius 1 is 1.28 bits per heavy atom. The molecule has 1 N–H and O–H groups in total. The van der Waals surface area contributed by atoms with Crippen molar-refractivity contribution in [2.24, 2.45) is 5.10 Å². The van der Waals surface area contributed by atoms with Gasteiger partial charge in [-0.05, 0) is 46.3 Å². The lowest BCUT2D eigenvalue weighted by Gasteiger charge is -2.00. The van der Waals surface area contributed by atoms with E-state index < -0.39 is 10.8 Å². The van der Waals surface area contributed by atoms with E-state index >= 15 is 0 Å². The van der Waals surface area contributed by atoms with E-state index in [1.165, 1.54) is 30.7 Å². The number of halogens is 1. The van der Waals surface area contributed by atoms with Crippen LogP contribution in [0.5, 0.6) is 0 Å². The van der Waals surface area contributed by atoms with Gasteiger partial charge >= 0.3 is 5.91 Å². The number of hydrogen-bond donors (Lipinski definition) is 1. The van der Waals surface area contributed by atoms with Crippen molar-refractivity contribution in [2.45, 2.75) is 0 Å². The Hall–Kier alpha value is -3.20. The van der Waals surface area contributed by atoms with Crippen LogP contribution in [0.1, 0.15) is 16.3 Å². The minimum absolute atomic E-state index is 0.0235. The minimum Gasteiger partial charge on any atom is -0.459 e. The van der Waals surface area contributed by atoms with Crippen LogP contribution in [-0.2, 0) is 0 Å². The van der Waals surface area contributed by atoms with E-state index in [1.54, 1.807) is 24.3 Å². The molecule has 0 bridgehead atoms. The molecule has 0 unspecified atom stereocenters. The average Bonchev–Trinajstić information content (AvgIpc) is 3.26. The molecule has 0 saturated heterocycles. The van der Waals surface area contributed by atoms with Crippen molar-refractivity contribution in [2.75, 3.05) is 0 Å². The number of furan rings is 2. The third-order valence-electron chi connectivity index (χ3n) is 3.16. The maximum atomic E-state index is 11.6. The normalized spacial score (nSPS) is 10.9. The van der Waals surface area contributed by atoms with Gasteiger partial charge < -0.3 is 8.83 Å². The number of benzene rings is 1. The molecule has 3 rings (SSSR count). The molecule has 1 aromatic carbocycles. The molecule has 1 amide bonds. The summed E-state index contributed by atoms with van der Waals surface area (Å²) in [6.45, 7) is 0. The largest absolute Gasteiger partial charge is 0.459 e. The fourth-order valence-electron chi connectivity index (χ4n) is 2.00. The predicted molar refractivity (Wildman–Crippen MR) is 92.3 cm³/mol. The van der Waals surface area contributed by atoms with Crippen molar-refractivity contribution in [3.63, 3.8) is 0 Å². The van der Waals surface area contributed by atoms with E-state index in [-0.39, 0.29) is 11.4 Å². The summed E-state index contributed by atoms with van der Waals surface area (Å²) in [5, 5.41) is 14.6. The standard InChI is InChI=1S/C16H10BrN3O5/c17-13-8-10(20(22)23)3-5-12(13)14-6-4-11(25-14)9-18-19-16(21)15-2-1-7-24-15/h1-9H,(H,19,21)/b18-9-. The first kappa shape index (κ1) is 16.7. The number of nitrogens with zero attached hydrogens (tertiary/aromatic N) is 2. The van der Waals surface area contributed by atoms with Crippen molar-refractivity contribution in [3.8, 4) is 11.3 Å². The van der Waals surface area contributed by atoms with Crippen molar-refractivity contribution in [1.29, 1.82) is 0 Å². The summed E-state index contributed by atoms with van der Waals surface area (Å²) in [7, 11) is 0. The van der Waals surface area contributed by atoms with Crippen LogP contribution >= 0.6 is 15.9 Å². The van der Waals surface area contributed by atoms with Gasteiger partial charge in [0.1, 0.15) is 11.5 Å². The number of hydrogen-bond acceptors (Lipinski definition) is 6. The number of carbonyl (C=O) groups is 1. The number of carbonyl (C=O) groups excluding carboxylic acids is 1. The highest BCUT2D eigenvalue weighted by Crippen LogP contribution is 2.32. The molecule has 25 heavy (non-hydrogen) atoms. The van der Waals surface area contributed by atoms with Crippen molar-refractivity contribution >= 4 is 33.7 Å². The van der Waals surface area contributed by atoms with Gasteiger partial charge in [-0.3, -0.25) is 14.9 Å². The Kier molecular flexibility index (Phi) is 4.75. The van der Waals surface area contributed by atoms with Gasteiger partial charge in [-0.1, -0.05) is 0 Å². The van der Waals surface area contributed by atoms with Crippen LogP contribution in [0.2, 0.25) is 0 Å². The van der Waals surface area contributed by atoms with Gasteiger partial charge in [0.2, 0.25) is 0 Å². The first-order valence-electron chi connectivity index (χ1n) is 6.95. The summed E-state index contributed by atoms with van der Waals surface area (Å²) in [6, 6.07) is 10.8. The van der Waals surface area contributed by atoms with Crippen LogP contribution in [-0.4, -0.2) is 17.0 Å². The van der Waals surface area contributed by atoms with Crippen LogP contribution in [0.15, 0.2) is 67.1 Å². The number of rotatable bonds is 5. The Labute approximate surface area is 149 Å². The lowest BCUT2D eigenvalue weighted by atomic mass is 10.1. The van der Waals surface area contributed by atoms with E-state index in [1.807, 2.05) is 0 Å². The number of amides is 1. The number of nitrogens with one attached hydrogen (secondary N) is 1. The van der Waals surface area contributed by atoms with Crippen molar-refractivity contribution < 1.29 is 18.6 Å².